The molecule has 0 saturated carbocycles. The maximum atomic E-state index is 4.66. The topological polar surface area (TPSA) is 41.1 Å². The Morgan fingerprint density at radius 3 is 2.86 bits per heavy atom. The van der Waals surface area contributed by atoms with Crippen molar-refractivity contribution < 1.29 is 0 Å². The van der Waals surface area contributed by atoms with Crippen LogP contribution in [0.25, 0.3) is 0 Å². The van der Waals surface area contributed by atoms with Gasteiger partial charge in [-0.25, -0.2) is 4.98 Å². The lowest BCUT2D eigenvalue weighted by Crippen LogP contribution is -2.32. The van der Waals surface area contributed by atoms with Crippen molar-refractivity contribution in [2.45, 2.75) is 39.3 Å². The third kappa shape index (κ3) is 3.15. The molecule has 3 rings (SSSR count). The van der Waals surface area contributed by atoms with Gasteiger partial charge in [-0.3, -0.25) is 0 Å². The van der Waals surface area contributed by atoms with E-state index in [9.17, 15) is 0 Å². The van der Waals surface area contributed by atoms with Crippen LogP contribution in [0.5, 0.6) is 0 Å². The van der Waals surface area contributed by atoms with Crippen LogP contribution in [0, 0.1) is 0 Å². The van der Waals surface area contributed by atoms with Crippen LogP contribution in [0.3, 0.4) is 0 Å². The highest BCUT2D eigenvalue weighted by atomic mass is 15.3. The zero-order valence-electron chi connectivity index (χ0n) is 12.7. The molecule has 1 aliphatic rings. The van der Waals surface area contributed by atoms with Crippen molar-refractivity contribution in [1.82, 2.24) is 9.97 Å². The molecule has 2 aromatic rings. The smallest absolute Gasteiger partial charge is 0.227 e. The minimum Gasteiger partial charge on any atom is -0.367 e. The molecular formula is C17H22N4. The number of hydrogen-bond donors (Lipinski definition) is 1. The number of aromatic nitrogens is 2. The summed E-state index contributed by atoms with van der Waals surface area (Å²) in [4.78, 5) is 11.4. The van der Waals surface area contributed by atoms with E-state index in [2.05, 4.69) is 58.3 Å². The van der Waals surface area contributed by atoms with Gasteiger partial charge in [0.25, 0.3) is 0 Å². The van der Waals surface area contributed by atoms with E-state index in [1.807, 2.05) is 12.3 Å². The summed E-state index contributed by atoms with van der Waals surface area (Å²) < 4.78 is 0. The Morgan fingerprint density at radius 2 is 2.05 bits per heavy atom. The summed E-state index contributed by atoms with van der Waals surface area (Å²) in [7, 11) is 0. The minimum absolute atomic E-state index is 0.426. The van der Waals surface area contributed by atoms with E-state index in [1.165, 1.54) is 11.1 Å². The van der Waals surface area contributed by atoms with Crippen LogP contribution in [0.2, 0.25) is 0 Å². The Hall–Kier alpha value is -2.10. The maximum absolute atomic E-state index is 4.66. The summed E-state index contributed by atoms with van der Waals surface area (Å²) in [5.74, 6) is 1.73. The van der Waals surface area contributed by atoms with Crippen LogP contribution in [0.4, 0.5) is 11.8 Å². The first kappa shape index (κ1) is 13.9. The van der Waals surface area contributed by atoms with Crippen molar-refractivity contribution >= 4 is 11.8 Å². The number of benzene rings is 1. The average Bonchev–Trinajstić information content (AvgIpc) is 2.54. The molecule has 1 aromatic heterocycles. The zero-order chi connectivity index (χ0) is 14.7. The van der Waals surface area contributed by atoms with Gasteiger partial charge < -0.3 is 10.2 Å². The minimum atomic E-state index is 0.426. The standard InChI is InChI=1S/C17H22N4/c1-3-13(2)19-16-8-10-18-17(20-16)21-11-9-14-6-4-5-7-15(14)12-21/h4-8,10,13H,3,9,11-12H2,1-2H3,(H,18,19,20). The van der Waals surface area contributed by atoms with Crippen LogP contribution in [0.15, 0.2) is 36.5 Å². The second-order valence-electron chi connectivity index (χ2n) is 5.64. The highest BCUT2D eigenvalue weighted by Gasteiger charge is 2.18. The number of nitrogens with zero attached hydrogens (tertiary/aromatic N) is 3. The largest absolute Gasteiger partial charge is 0.367 e. The fourth-order valence-electron chi connectivity index (χ4n) is 2.60. The molecule has 4 heteroatoms. The van der Waals surface area contributed by atoms with Crippen LogP contribution in [0.1, 0.15) is 31.4 Å². The van der Waals surface area contributed by atoms with Gasteiger partial charge in [-0.2, -0.15) is 4.98 Å². The van der Waals surface area contributed by atoms with Gasteiger partial charge in [-0.15, -0.1) is 0 Å². The molecule has 0 bridgehead atoms. The van der Waals surface area contributed by atoms with Crippen molar-refractivity contribution in [2.75, 3.05) is 16.8 Å². The van der Waals surface area contributed by atoms with Crippen molar-refractivity contribution in [2.24, 2.45) is 0 Å². The summed E-state index contributed by atoms with van der Waals surface area (Å²) in [5, 5.41) is 3.41. The van der Waals surface area contributed by atoms with Gasteiger partial charge in [0.1, 0.15) is 5.82 Å². The molecule has 0 aliphatic carbocycles. The molecule has 0 amide bonds. The van der Waals surface area contributed by atoms with Crippen molar-refractivity contribution in [3.63, 3.8) is 0 Å². The van der Waals surface area contributed by atoms with Gasteiger partial charge >= 0.3 is 0 Å². The summed E-state index contributed by atoms with van der Waals surface area (Å²) >= 11 is 0. The molecule has 1 aliphatic heterocycles. The van der Waals surface area contributed by atoms with E-state index in [0.29, 0.717) is 6.04 Å². The molecule has 0 saturated heterocycles. The first-order valence-corrected chi connectivity index (χ1v) is 7.67. The molecule has 110 valence electrons. The third-order valence-corrected chi connectivity index (χ3v) is 4.06. The molecule has 1 aromatic carbocycles. The van der Waals surface area contributed by atoms with Crippen molar-refractivity contribution in [1.29, 1.82) is 0 Å². The van der Waals surface area contributed by atoms with Crippen molar-refractivity contribution in [3.8, 4) is 0 Å². The Balaban J connectivity index is 1.77. The molecule has 1 N–H and O–H groups in total. The Kier molecular flexibility index (Phi) is 4.04. The van der Waals surface area contributed by atoms with Gasteiger partial charge in [0.05, 0.1) is 0 Å². The fourth-order valence-corrected chi connectivity index (χ4v) is 2.60. The summed E-state index contributed by atoms with van der Waals surface area (Å²) in [6.45, 7) is 6.20. The van der Waals surface area contributed by atoms with E-state index in [4.69, 9.17) is 0 Å². The quantitative estimate of drug-likeness (QED) is 0.934. The van der Waals surface area contributed by atoms with Gasteiger partial charge in [-0.1, -0.05) is 31.2 Å². The number of nitrogens with one attached hydrogen (secondary N) is 1. The normalized spacial score (nSPS) is 15.4. The summed E-state index contributed by atoms with van der Waals surface area (Å²) in [6, 6.07) is 11.0. The molecular weight excluding hydrogens is 260 g/mol. The van der Waals surface area contributed by atoms with Crippen molar-refractivity contribution in [3.05, 3.63) is 47.7 Å². The SMILES string of the molecule is CCC(C)Nc1ccnc(N2CCc3ccccc3C2)n1. The number of rotatable bonds is 4. The van der Waals surface area contributed by atoms with Gasteiger partial charge in [0.2, 0.25) is 5.95 Å². The van der Waals surface area contributed by atoms with Crippen LogP contribution < -0.4 is 10.2 Å². The molecule has 0 spiro atoms. The Bertz CT molecular complexity index is 611. The lowest BCUT2D eigenvalue weighted by Gasteiger charge is -2.29. The lowest BCUT2D eigenvalue weighted by atomic mass is 10.0. The summed E-state index contributed by atoms with van der Waals surface area (Å²) in [6.07, 6.45) is 3.98. The molecule has 2 heterocycles. The van der Waals surface area contributed by atoms with Crippen LogP contribution in [-0.4, -0.2) is 22.6 Å². The predicted molar refractivity (Wildman–Crippen MR) is 86.6 cm³/mol. The molecule has 1 unspecified atom stereocenters. The van der Waals surface area contributed by atoms with E-state index >= 15 is 0 Å². The number of fused-ring (bicyclic) bond motifs is 1. The molecule has 21 heavy (non-hydrogen) atoms. The van der Waals surface area contributed by atoms with E-state index in [-0.39, 0.29) is 0 Å². The predicted octanol–water partition coefficient (Wildman–Crippen LogP) is 3.25. The fraction of sp³-hybridized carbons (Fsp3) is 0.412. The molecule has 0 radical (unpaired) electrons. The monoisotopic (exact) mass is 282 g/mol. The van der Waals surface area contributed by atoms with Crippen LogP contribution >= 0.6 is 0 Å². The molecule has 4 nitrogen and oxygen atoms in total. The summed E-state index contributed by atoms with van der Waals surface area (Å²) in [5.41, 5.74) is 2.83. The van der Waals surface area contributed by atoms with Gasteiger partial charge in [0, 0.05) is 25.3 Å². The number of anilines is 2. The van der Waals surface area contributed by atoms with Gasteiger partial charge in [0.15, 0.2) is 0 Å². The number of hydrogen-bond acceptors (Lipinski definition) is 4. The second kappa shape index (κ2) is 6.12. The second-order valence-corrected chi connectivity index (χ2v) is 5.64. The van der Waals surface area contributed by atoms with E-state index in [0.717, 1.165) is 37.7 Å². The lowest BCUT2D eigenvalue weighted by molar-refractivity contribution is 0.705. The van der Waals surface area contributed by atoms with Gasteiger partial charge in [-0.05, 0) is 37.0 Å². The van der Waals surface area contributed by atoms with E-state index < -0.39 is 0 Å². The first-order valence-electron chi connectivity index (χ1n) is 7.67. The van der Waals surface area contributed by atoms with E-state index in [1.54, 1.807) is 0 Å². The maximum Gasteiger partial charge on any atom is 0.227 e. The third-order valence-electron chi connectivity index (χ3n) is 4.06. The van der Waals surface area contributed by atoms with Crippen LogP contribution in [-0.2, 0) is 13.0 Å². The molecule has 1 atom stereocenters. The Labute approximate surface area is 126 Å². The average molecular weight is 282 g/mol. The highest BCUT2D eigenvalue weighted by Crippen LogP contribution is 2.22. The Morgan fingerprint density at radius 1 is 1.24 bits per heavy atom. The molecule has 0 fully saturated rings. The highest BCUT2D eigenvalue weighted by molar-refractivity contribution is 5.44. The first-order chi connectivity index (χ1) is 10.3. The zero-order valence-corrected chi connectivity index (χ0v) is 12.7.